The average Bonchev–Trinajstić information content (AvgIpc) is 2.54. The lowest BCUT2D eigenvalue weighted by molar-refractivity contribution is -0.128. The Bertz CT molecular complexity index is 372. The largest absolute Gasteiger partial charge is 0.297 e. The van der Waals surface area contributed by atoms with E-state index in [0.717, 1.165) is 31.4 Å². The Labute approximate surface area is 102 Å². The highest BCUT2D eigenvalue weighted by molar-refractivity contribution is 5.83. The van der Waals surface area contributed by atoms with Crippen LogP contribution in [0.1, 0.15) is 37.7 Å². The standard InChI is InChI=1S/C14H19NO2/c1-11-7-9-12(10-8-11)15-17-14-6-4-2-3-5-13(14)16/h7-10,14-15H,2-6H2,1H3. The first-order chi connectivity index (χ1) is 8.25. The van der Waals surface area contributed by atoms with Crippen LogP contribution >= 0.6 is 0 Å². The van der Waals surface area contributed by atoms with Crippen LogP contribution in [-0.4, -0.2) is 11.9 Å². The molecule has 1 aromatic carbocycles. The van der Waals surface area contributed by atoms with Gasteiger partial charge in [0.25, 0.3) is 0 Å². The van der Waals surface area contributed by atoms with Crippen molar-refractivity contribution in [1.29, 1.82) is 0 Å². The lowest BCUT2D eigenvalue weighted by Gasteiger charge is -2.15. The highest BCUT2D eigenvalue weighted by Crippen LogP contribution is 2.18. The second-order valence-corrected chi connectivity index (χ2v) is 4.64. The number of anilines is 1. The van der Waals surface area contributed by atoms with E-state index in [1.807, 2.05) is 31.2 Å². The van der Waals surface area contributed by atoms with Crippen LogP contribution in [0.5, 0.6) is 0 Å². The van der Waals surface area contributed by atoms with Gasteiger partial charge in [-0.25, -0.2) is 0 Å². The molecule has 0 aromatic heterocycles. The minimum atomic E-state index is -0.279. The van der Waals surface area contributed by atoms with Crippen molar-refractivity contribution in [3.63, 3.8) is 0 Å². The van der Waals surface area contributed by atoms with Gasteiger partial charge in [-0.05, 0) is 31.9 Å². The Morgan fingerprint density at radius 2 is 1.94 bits per heavy atom. The van der Waals surface area contributed by atoms with Gasteiger partial charge in [-0.15, -0.1) is 0 Å². The van der Waals surface area contributed by atoms with Crippen molar-refractivity contribution in [3.8, 4) is 0 Å². The molecule has 0 amide bonds. The molecular weight excluding hydrogens is 214 g/mol. The molecule has 1 N–H and O–H groups in total. The fourth-order valence-corrected chi connectivity index (χ4v) is 2.01. The molecule has 1 aliphatic carbocycles. The minimum Gasteiger partial charge on any atom is -0.297 e. The summed E-state index contributed by atoms with van der Waals surface area (Å²) in [6.07, 6.45) is 4.42. The zero-order valence-corrected chi connectivity index (χ0v) is 10.2. The molecule has 0 bridgehead atoms. The van der Waals surface area contributed by atoms with Crippen molar-refractivity contribution in [2.24, 2.45) is 0 Å². The van der Waals surface area contributed by atoms with Crippen molar-refractivity contribution in [2.75, 3.05) is 5.48 Å². The van der Waals surface area contributed by atoms with Gasteiger partial charge >= 0.3 is 0 Å². The minimum absolute atomic E-state index is 0.224. The zero-order valence-electron chi connectivity index (χ0n) is 10.2. The van der Waals surface area contributed by atoms with Crippen LogP contribution in [0.2, 0.25) is 0 Å². The monoisotopic (exact) mass is 233 g/mol. The molecule has 1 aromatic rings. The predicted octanol–water partition coefficient (Wildman–Crippen LogP) is 3.24. The number of ketones is 1. The third-order valence-electron chi connectivity index (χ3n) is 3.12. The van der Waals surface area contributed by atoms with Crippen LogP contribution in [0.15, 0.2) is 24.3 Å². The fraction of sp³-hybridized carbons (Fsp3) is 0.500. The number of carbonyl (C=O) groups excluding carboxylic acids is 1. The second-order valence-electron chi connectivity index (χ2n) is 4.64. The van der Waals surface area contributed by atoms with E-state index in [9.17, 15) is 4.79 Å². The summed E-state index contributed by atoms with van der Waals surface area (Å²) in [7, 11) is 0. The zero-order chi connectivity index (χ0) is 12.1. The van der Waals surface area contributed by atoms with Crippen LogP contribution in [0.25, 0.3) is 0 Å². The number of carbonyl (C=O) groups is 1. The number of benzene rings is 1. The molecule has 17 heavy (non-hydrogen) atoms. The average molecular weight is 233 g/mol. The highest BCUT2D eigenvalue weighted by atomic mass is 16.7. The molecule has 3 nitrogen and oxygen atoms in total. The summed E-state index contributed by atoms with van der Waals surface area (Å²) < 4.78 is 0. The maximum atomic E-state index is 11.7. The molecule has 0 spiro atoms. The van der Waals surface area contributed by atoms with Gasteiger partial charge in [0.1, 0.15) is 6.10 Å². The number of hydrogen-bond acceptors (Lipinski definition) is 3. The van der Waals surface area contributed by atoms with E-state index in [1.54, 1.807) is 0 Å². The molecule has 0 heterocycles. The molecule has 1 aliphatic rings. The summed E-state index contributed by atoms with van der Waals surface area (Å²) in [6, 6.07) is 7.94. The SMILES string of the molecule is Cc1ccc(NOC2CCCCCC2=O)cc1. The molecule has 2 rings (SSSR count). The molecule has 1 unspecified atom stereocenters. The molecule has 92 valence electrons. The molecule has 3 heteroatoms. The number of hydrogen-bond donors (Lipinski definition) is 1. The summed E-state index contributed by atoms with van der Waals surface area (Å²) in [6.45, 7) is 2.04. The summed E-state index contributed by atoms with van der Waals surface area (Å²) in [5.74, 6) is 0.224. The van der Waals surface area contributed by atoms with Gasteiger partial charge in [0, 0.05) is 6.42 Å². The Balaban J connectivity index is 1.88. The Morgan fingerprint density at radius 3 is 2.71 bits per heavy atom. The van der Waals surface area contributed by atoms with Crippen LogP contribution in [-0.2, 0) is 9.63 Å². The first-order valence-corrected chi connectivity index (χ1v) is 6.27. The van der Waals surface area contributed by atoms with E-state index in [1.165, 1.54) is 5.56 Å². The Kier molecular flexibility index (Phi) is 4.15. The molecule has 1 atom stereocenters. The van der Waals surface area contributed by atoms with Crippen LogP contribution in [0.4, 0.5) is 5.69 Å². The van der Waals surface area contributed by atoms with Crippen molar-refractivity contribution in [3.05, 3.63) is 29.8 Å². The first-order valence-electron chi connectivity index (χ1n) is 6.27. The molecule has 0 radical (unpaired) electrons. The van der Waals surface area contributed by atoms with Gasteiger partial charge in [-0.3, -0.25) is 15.1 Å². The second kappa shape index (κ2) is 5.82. The third-order valence-corrected chi connectivity index (χ3v) is 3.12. The van der Waals surface area contributed by atoms with E-state index in [0.29, 0.717) is 6.42 Å². The highest BCUT2D eigenvalue weighted by Gasteiger charge is 2.21. The maximum Gasteiger partial charge on any atom is 0.164 e. The number of nitrogens with one attached hydrogen (secondary N) is 1. The number of aryl methyl sites for hydroxylation is 1. The quantitative estimate of drug-likeness (QED) is 0.643. The molecular formula is C14H19NO2. The van der Waals surface area contributed by atoms with Gasteiger partial charge in [0.15, 0.2) is 5.78 Å². The lowest BCUT2D eigenvalue weighted by atomic mass is 10.1. The van der Waals surface area contributed by atoms with E-state index in [2.05, 4.69) is 5.48 Å². The first kappa shape index (κ1) is 12.1. The summed E-state index contributed by atoms with van der Waals surface area (Å²) in [5.41, 5.74) is 4.98. The third kappa shape index (κ3) is 3.56. The van der Waals surface area contributed by atoms with Gasteiger partial charge in [-0.1, -0.05) is 30.5 Å². The van der Waals surface area contributed by atoms with Gasteiger partial charge in [0.2, 0.25) is 0 Å². The normalized spacial score (nSPS) is 21.0. The van der Waals surface area contributed by atoms with E-state index < -0.39 is 0 Å². The van der Waals surface area contributed by atoms with Crippen LogP contribution < -0.4 is 5.48 Å². The molecule has 1 saturated carbocycles. The van der Waals surface area contributed by atoms with Crippen LogP contribution in [0.3, 0.4) is 0 Å². The van der Waals surface area contributed by atoms with Crippen molar-refractivity contribution in [2.45, 2.75) is 45.1 Å². The lowest BCUT2D eigenvalue weighted by Crippen LogP contribution is -2.25. The summed E-state index contributed by atoms with van der Waals surface area (Å²) in [5, 5.41) is 0. The fourth-order valence-electron chi connectivity index (χ4n) is 2.01. The Hall–Kier alpha value is -1.35. The van der Waals surface area contributed by atoms with Gasteiger partial charge in [0.05, 0.1) is 5.69 Å². The molecule has 1 fully saturated rings. The van der Waals surface area contributed by atoms with E-state index >= 15 is 0 Å². The maximum absolute atomic E-state index is 11.7. The van der Waals surface area contributed by atoms with Gasteiger partial charge < -0.3 is 0 Å². The van der Waals surface area contributed by atoms with Crippen molar-refractivity contribution >= 4 is 11.5 Å². The topological polar surface area (TPSA) is 38.3 Å². The van der Waals surface area contributed by atoms with E-state index in [-0.39, 0.29) is 11.9 Å². The van der Waals surface area contributed by atoms with Crippen molar-refractivity contribution in [1.82, 2.24) is 0 Å². The van der Waals surface area contributed by atoms with Gasteiger partial charge in [-0.2, -0.15) is 0 Å². The van der Waals surface area contributed by atoms with E-state index in [4.69, 9.17) is 4.84 Å². The number of rotatable bonds is 3. The Morgan fingerprint density at radius 1 is 1.18 bits per heavy atom. The summed E-state index contributed by atoms with van der Waals surface area (Å²) in [4.78, 5) is 17.2. The molecule has 0 aliphatic heterocycles. The summed E-state index contributed by atoms with van der Waals surface area (Å²) >= 11 is 0. The molecule has 0 saturated heterocycles. The predicted molar refractivity (Wildman–Crippen MR) is 67.8 cm³/mol. The number of Topliss-reactive ketones (excluding diaryl/α,β-unsaturated/α-hetero) is 1. The van der Waals surface area contributed by atoms with Crippen molar-refractivity contribution < 1.29 is 9.63 Å². The van der Waals surface area contributed by atoms with Crippen LogP contribution in [0, 0.1) is 6.92 Å². The smallest absolute Gasteiger partial charge is 0.164 e.